The monoisotopic (exact) mass is 372 g/mol. The number of Topliss-reactive ketones (excluding diaryl/α,β-unsaturated/α-hetero) is 1. The van der Waals surface area contributed by atoms with Crippen molar-refractivity contribution >= 4 is 23.1 Å². The minimum Gasteiger partial charge on any atom is -0.356 e. The Kier molecular flexibility index (Phi) is 3.79. The van der Waals surface area contributed by atoms with Crippen LogP contribution in [0.4, 0.5) is 11.4 Å². The number of H-pyrrole nitrogens is 1. The lowest BCUT2D eigenvalue weighted by atomic mass is 9.79. The van der Waals surface area contributed by atoms with Gasteiger partial charge in [0.25, 0.3) is 0 Å². The molecule has 2 atom stereocenters. The average molecular weight is 372 g/mol. The number of anilines is 2. The summed E-state index contributed by atoms with van der Waals surface area (Å²) < 4.78 is 0. The fourth-order valence-corrected chi connectivity index (χ4v) is 4.37. The molecule has 1 amide bonds. The number of pyridine rings is 1. The summed E-state index contributed by atoms with van der Waals surface area (Å²) in [5, 5.41) is 3.44. The molecule has 5 rings (SSSR count). The van der Waals surface area contributed by atoms with E-state index in [-0.39, 0.29) is 23.5 Å². The zero-order valence-electron chi connectivity index (χ0n) is 15.5. The fraction of sp³-hybridized carbons (Fsp3) is 0.227. The van der Waals surface area contributed by atoms with Crippen LogP contribution in [0.1, 0.15) is 16.1 Å². The lowest BCUT2D eigenvalue weighted by Gasteiger charge is -2.22. The molecular formula is C22H20N4O2. The fourth-order valence-electron chi connectivity index (χ4n) is 4.37. The third-order valence-electron chi connectivity index (χ3n) is 5.75. The Hall–Kier alpha value is -3.41. The van der Waals surface area contributed by atoms with Crippen LogP contribution in [0.25, 0.3) is 11.3 Å². The van der Waals surface area contributed by atoms with E-state index in [4.69, 9.17) is 0 Å². The summed E-state index contributed by atoms with van der Waals surface area (Å²) >= 11 is 0. The quantitative estimate of drug-likeness (QED) is 0.740. The minimum atomic E-state index is -0.276. The van der Waals surface area contributed by atoms with Gasteiger partial charge in [0.2, 0.25) is 5.91 Å². The first kappa shape index (κ1) is 16.7. The molecule has 140 valence electrons. The Morgan fingerprint density at radius 3 is 2.57 bits per heavy atom. The van der Waals surface area contributed by atoms with E-state index in [0.29, 0.717) is 18.5 Å². The number of benzene rings is 1. The number of carbonyl (C=O) groups excluding carboxylic acids is 2. The predicted octanol–water partition coefficient (Wildman–Crippen LogP) is 3.26. The first-order valence-electron chi connectivity index (χ1n) is 9.40. The van der Waals surface area contributed by atoms with Gasteiger partial charge in [-0.25, -0.2) is 0 Å². The van der Waals surface area contributed by atoms with Gasteiger partial charge >= 0.3 is 0 Å². The smallest absolute Gasteiger partial charge is 0.226 e. The highest BCUT2D eigenvalue weighted by Crippen LogP contribution is 2.43. The highest BCUT2D eigenvalue weighted by Gasteiger charge is 2.48. The van der Waals surface area contributed by atoms with Crippen molar-refractivity contribution in [2.24, 2.45) is 11.8 Å². The summed E-state index contributed by atoms with van der Waals surface area (Å²) in [7, 11) is 1.77. The summed E-state index contributed by atoms with van der Waals surface area (Å²) in [6.45, 7) is 0.488. The highest BCUT2D eigenvalue weighted by molar-refractivity contribution is 6.11. The van der Waals surface area contributed by atoms with Crippen LogP contribution in [-0.4, -0.2) is 40.2 Å². The van der Waals surface area contributed by atoms with Crippen molar-refractivity contribution in [1.82, 2.24) is 14.9 Å². The van der Waals surface area contributed by atoms with Crippen LogP contribution in [0.2, 0.25) is 0 Å². The molecule has 2 aliphatic rings. The lowest BCUT2D eigenvalue weighted by molar-refractivity contribution is -0.130. The van der Waals surface area contributed by atoms with E-state index >= 15 is 0 Å². The largest absolute Gasteiger partial charge is 0.356 e. The van der Waals surface area contributed by atoms with Crippen molar-refractivity contribution in [1.29, 1.82) is 0 Å². The molecule has 1 saturated heterocycles. The molecule has 0 spiro atoms. The molecule has 6 nitrogen and oxygen atoms in total. The Morgan fingerprint density at radius 1 is 1.07 bits per heavy atom. The van der Waals surface area contributed by atoms with Crippen LogP contribution in [-0.2, 0) is 11.2 Å². The number of fused-ring (bicyclic) bond motifs is 2. The second-order valence-electron chi connectivity index (χ2n) is 7.46. The molecular weight excluding hydrogens is 352 g/mol. The van der Waals surface area contributed by atoms with Crippen LogP contribution >= 0.6 is 0 Å². The van der Waals surface area contributed by atoms with Gasteiger partial charge in [-0.05, 0) is 24.3 Å². The zero-order chi connectivity index (χ0) is 19.3. The second kappa shape index (κ2) is 6.34. The molecule has 0 saturated carbocycles. The van der Waals surface area contributed by atoms with Gasteiger partial charge in [0, 0.05) is 49.4 Å². The molecule has 2 aromatic heterocycles. The van der Waals surface area contributed by atoms with E-state index in [2.05, 4.69) is 15.3 Å². The van der Waals surface area contributed by atoms with E-state index in [1.807, 2.05) is 42.5 Å². The molecule has 6 heteroatoms. The maximum Gasteiger partial charge on any atom is 0.226 e. The molecule has 28 heavy (non-hydrogen) atoms. The number of likely N-dealkylation sites (tertiary alicyclic amines) is 1. The molecule has 0 radical (unpaired) electrons. The Bertz CT molecular complexity index is 1060. The van der Waals surface area contributed by atoms with Crippen molar-refractivity contribution < 1.29 is 9.59 Å². The maximum absolute atomic E-state index is 13.4. The van der Waals surface area contributed by atoms with E-state index < -0.39 is 0 Å². The Morgan fingerprint density at radius 2 is 1.82 bits per heavy atom. The number of ketones is 1. The molecule has 1 fully saturated rings. The molecule has 1 aliphatic heterocycles. The minimum absolute atomic E-state index is 0.0407. The van der Waals surface area contributed by atoms with Gasteiger partial charge in [-0.1, -0.05) is 18.2 Å². The third-order valence-corrected chi connectivity index (χ3v) is 5.75. The van der Waals surface area contributed by atoms with Crippen LogP contribution in [0.5, 0.6) is 0 Å². The first-order chi connectivity index (χ1) is 13.6. The van der Waals surface area contributed by atoms with E-state index in [1.54, 1.807) is 24.3 Å². The van der Waals surface area contributed by atoms with E-state index in [9.17, 15) is 9.59 Å². The molecule has 0 bridgehead atoms. The summed E-state index contributed by atoms with van der Waals surface area (Å²) in [6, 6.07) is 13.6. The SMILES string of the molecule is CN1C[C@@H]2C(=O)c3c([nH]c(-c4ccncc4)c3Nc3ccccc3)C[C@@H]2C1=O. The van der Waals surface area contributed by atoms with Gasteiger partial charge in [-0.2, -0.15) is 0 Å². The molecule has 1 aromatic carbocycles. The molecule has 3 heterocycles. The molecule has 3 aromatic rings. The number of nitrogens with one attached hydrogen (secondary N) is 2. The standard InChI is InChI=1S/C22H20N4O2/c1-26-12-16-15(22(26)28)11-17-18(21(16)27)20(24-14-5-3-2-4-6-14)19(25-17)13-7-9-23-10-8-13/h2-10,15-16,24-25H,11-12H2,1H3/t15-,16-/m0/s1. The van der Waals surface area contributed by atoms with Crippen molar-refractivity contribution in [3.63, 3.8) is 0 Å². The number of amides is 1. The van der Waals surface area contributed by atoms with Gasteiger partial charge in [-0.3, -0.25) is 14.6 Å². The van der Waals surface area contributed by atoms with Crippen molar-refractivity contribution in [3.8, 4) is 11.3 Å². The predicted molar refractivity (Wildman–Crippen MR) is 106 cm³/mol. The van der Waals surface area contributed by atoms with Crippen molar-refractivity contribution in [3.05, 3.63) is 66.1 Å². The van der Waals surface area contributed by atoms with Gasteiger partial charge in [0.15, 0.2) is 5.78 Å². The molecule has 1 aliphatic carbocycles. The number of nitrogens with zero attached hydrogens (tertiary/aromatic N) is 2. The number of rotatable bonds is 3. The van der Waals surface area contributed by atoms with Crippen molar-refractivity contribution in [2.45, 2.75) is 6.42 Å². The Balaban J connectivity index is 1.66. The van der Waals surface area contributed by atoms with Gasteiger partial charge in [0.1, 0.15) is 0 Å². The second-order valence-corrected chi connectivity index (χ2v) is 7.46. The molecule has 0 unspecified atom stereocenters. The van der Waals surface area contributed by atoms with E-state index in [0.717, 1.165) is 28.3 Å². The Labute approximate surface area is 162 Å². The van der Waals surface area contributed by atoms with Gasteiger partial charge in [-0.15, -0.1) is 0 Å². The van der Waals surface area contributed by atoms with Crippen LogP contribution < -0.4 is 5.32 Å². The third kappa shape index (κ3) is 2.52. The average Bonchev–Trinajstić information content (AvgIpc) is 3.22. The first-order valence-corrected chi connectivity index (χ1v) is 9.40. The maximum atomic E-state index is 13.4. The number of para-hydroxylation sites is 1. The number of hydrogen-bond acceptors (Lipinski definition) is 4. The molecule has 2 N–H and O–H groups in total. The topological polar surface area (TPSA) is 78.1 Å². The van der Waals surface area contributed by atoms with Gasteiger partial charge in [0.05, 0.1) is 28.8 Å². The summed E-state index contributed by atoms with van der Waals surface area (Å²) in [5.74, 6) is -0.443. The van der Waals surface area contributed by atoms with Crippen molar-refractivity contribution in [2.75, 3.05) is 18.9 Å². The normalized spacial score (nSPS) is 20.8. The number of hydrogen-bond donors (Lipinski definition) is 2. The zero-order valence-corrected chi connectivity index (χ0v) is 15.5. The van der Waals surface area contributed by atoms with Crippen LogP contribution in [0, 0.1) is 11.8 Å². The highest BCUT2D eigenvalue weighted by atomic mass is 16.2. The number of aromatic nitrogens is 2. The van der Waals surface area contributed by atoms with E-state index in [1.165, 1.54) is 0 Å². The lowest BCUT2D eigenvalue weighted by Crippen LogP contribution is -2.32. The summed E-state index contributed by atoms with van der Waals surface area (Å²) in [6.07, 6.45) is 4.02. The van der Waals surface area contributed by atoms with Crippen LogP contribution in [0.3, 0.4) is 0 Å². The summed E-state index contributed by atoms with van der Waals surface area (Å²) in [5.41, 5.74) is 5.00. The number of carbonyl (C=O) groups is 2. The van der Waals surface area contributed by atoms with Crippen LogP contribution in [0.15, 0.2) is 54.9 Å². The summed E-state index contributed by atoms with van der Waals surface area (Å²) in [4.78, 5) is 35.1. The number of aromatic amines is 1. The van der Waals surface area contributed by atoms with Gasteiger partial charge < -0.3 is 15.2 Å².